The van der Waals surface area contributed by atoms with Crippen molar-refractivity contribution in [2.24, 2.45) is 11.8 Å². The van der Waals surface area contributed by atoms with Gasteiger partial charge in [-0.2, -0.15) is 0 Å². The Balaban J connectivity index is 1.47. The fourth-order valence-corrected chi connectivity index (χ4v) is 3.69. The molecule has 0 bridgehead atoms. The molecule has 1 aromatic rings. The molecule has 3 rings (SSSR count). The number of urea groups is 1. The summed E-state index contributed by atoms with van der Waals surface area (Å²) in [5.41, 5.74) is 0.748. The summed E-state index contributed by atoms with van der Waals surface area (Å²) in [6.07, 6.45) is 4.65. The quantitative estimate of drug-likeness (QED) is 0.886. The highest BCUT2D eigenvalue weighted by Gasteiger charge is 2.30. The zero-order valence-electron chi connectivity index (χ0n) is 14.2. The van der Waals surface area contributed by atoms with Crippen LogP contribution < -0.4 is 5.32 Å². The van der Waals surface area contributed by atoms with E-state index in [1.807, 2.05) is 4.90 Å². The molecule has 1 aliphatic carbocycles. The zero-order chi connectivity index (χ0) is 17.1. The van der Waals surface area contributed by atoms with Crippen LogP contribution in [0.25, 0.3) is 0 Å². The van der Waals surface area contributed by atoms with Gasteiger partial charge in [-0.3, -0.25) is 0 Å². The van der Waals surface area contributed by atoms with E-state index in [1.165, 1.54) is 31.4 Å². The van der Waals surface area contributed by atoms with Crippen LogP contribution in [0.2, 0.25) is 0 Å². The minimum atomic E-state index is -0.593. The molecule has 132 valence electrons. The van der Waals surface area contributed by atoms with Crippen LogP contribution in [0.4, 0.5) is 9.18 Å². The number of piperidine rings is 1. The molecule has 2 aliphatic rings. The van der Waals surface area contributed by atoms with E-state index in [4.69, 9.17) is 0 Å². The first-order chi connectivity index (χ1) is 11.5. The van der Waals surface area contributed by atoms with Crippen LogP contribution in [0, 0.1) is 17.7 Å². The maximum atomic E-state index is 13.0. The van der Waals surface area contributed by atoms with Crippen molar-refractivity contribution >= 4 is 6.03 Å². The maximum absolute atomic E-state index is 13.0. The first-order valence-electron chi connectivity index (χ1n) is 9.03. The molecule has 0 radical (unpaired) electrons. The van der Waals surface area contributed by atoms with Gasteiger partial charge in [0, 0.05) is 19.1 Å². The van der Waals surface area contributed by atoms with E-state index < -0.39 is 6.10 Å². The molecule has 4 nitrogen and oxygen atoms in total. The molecule has 5 heteroatoms. The van der Waals surface area contributed by atoms with Gasteiger partial charge in [0.15, 0.2) is 0 Å². The second-order valence-electron chi connectivity index (χ2n) is 7.25. The first-order valence-corrected chi connectivity index (χ1v) is 9.03. The molecule has 2 fully saturated rings. The lowest BCUT2D eigenvalue weighted by Gasteiger charge is -2.37. The highest BCUT2D eigenvalue weighted by molar-refractivity contribution is 5.74. The van der Waals surface area contributed by atoms with Crippen molar-refractivity contribution in [2.45, 2.75) is 51.2 Å². The van der Waals surface area contributed by atoms with E-state index in [9.17, 15) is 14.3 Å². The van der Waals surface area contributed by atoms with Gasteiger partial charge in [-0.15, -0.1) is 0 Å². The van der Waals surface area contributed by atoms with E-state index in [0.29, 0.717) is 19.0 Å². The maximum Gasteiger partial charge on any atom is 0.317 e. The summed E-state index contributed by atoms with van der Waals surface area (Å²) in [4.78, 5) is 14.2. The standard InChI is InChI=1S/C19H27FN2O2/c1-13(14-3-2-4-14)21-19(24)22-11-9-16(10-12-22)18(23)15-5-7-17(20)8-6-15/h5-8,13-14,16,18,23H,2-4,9-12H2,1H3,(H,21,24). The van der Waals surface area contributed by atoms with E-state index in [1.54, 1.807) is 12.1 Å². The Kier molecular flexibility index (Phi) is 5.39. The Hall–Kier alpha value is -1.62. The van der Waals surface area contributed by atoms with Crippen molar-refractivity contribution < 1.29 is 14.3 Å². The predicted molar refractivity (Wildman–Crippen MR) is 91.0 cm³/mol. The number of likely N-dealkylation sites (tertiary alicyclic amines) is 1. The Morgan fingerprint density at radius 3 is 2.33 bits per heavy atom. The van der Waals surface area contributed by atoms with Gasteiger partial charge in [-0.1, -0.05) is 18.6 Å². The first kappa shape index (κ1) is 17.2. The average Bonchev–Trinajstić information content (AvgIpc) is 2.53. The van der Waals surface area contributed by atoms with Gasteiger partial charge >= 0.3 is 6.03 Å². The number of nitrogens with zero attached hydrogens (tertiary/aromatic N) is 1. The lowest BCUT2D eigenvalue weighted by molar-refractivity contribution is 0.0654. The monoisotopic (exact) mass is 334 g/mol. The molecule has 1 aliphatic heterocycles. The highest BCUT2D eigenvalue weighted by atomic mass is 19.1. The third kappa shape index (κ3) is 3.89. The fourth-order valence-electron chi connectivity index (χ4n) is 3.69. The SMILES string of the molecule is CC(NC(=O)N1CCC(C(O)c2ccc(F)cc2)CC1)C1CCC1. The van der Waals surface area contributed by atoms with Crippen LogP contribution in [-0.2, 0) is 0 Å². The van der Waals surface area contributed by atoms with Crippen LogP contribution in [-0.4, -0.2) is 35.2 Å². The van der Waals surface area contributed by atoms with Crippen molar-refractivity contribution in [1.29, 1.82) is 0 Å². The number of hydrogen-bond donors (Lipinski definition) is 2. The Bertz CT molecular complexity index is 551. The summed E-state index contributed by atoms with van der Waals surface area (Å²) >= 11 is 0. The zero-order valence-corrected chi connectivity index (χ0v) is 14.2. The fraction of sp³-hybridized carbons (Fsp3) is 0.632. The van der Waals surface area contributed by atoms with Gasteiger partial charge in [-0.25, -0.2) is 9.18 Å². The van der Waals surface area contributed by atoms with Gasteiger partial charge in [0.25, 0.3) is 0 Å². The minimum Gasteiger partial charge on any atom is -0.388 e. The average molecular weight is 334 g/mol. The van der Waals surface area contributed by atoms with Crippen molar-refractivity contribution in [1.82, 2.24) is 10.2 Å². The van der Waals surface area contributed by atoms with Gasteiger partial charge in [0.05, 0.1) is 6.10 Å². The van der Waals surface area contributed by atoms with Gasteiger partial charge in [-0.05, 0) is 62.1 Å². The normalized spacial score (nSPS) is 21.9. The Labute approximate surface area is 143 Å². The lowest BCUT2D eigenvalue weighted by Crippen LogP contribution is -2.50. The molecule has 2 unspecified atom stereocenters. The largest absolute Gasteiger partial charge is 0.388 e. The molecule has 2 atom stereocenters. The molecule has 1 aromatic carbocycles. The number of nitrogens with one attached hydrogen (secondary N) is 1. The van der Waals surface area contributed by atoms with E-state index in [2.05, 4.69) is 12.2 Å². The summed E-state index contributed by atoms with van der Waals surface area (Å²) in [6.45, 7) is 3.41. The van der Waals surface area contributed by atoms with E-state index in [-0.39, 0.29) is 23.8 Å². The van der Waals surface area contributed by atoms with Crippen LogP contribution >= 0.6 is 0 Å². The lowest BCUT2D eigenvalue weighted by atomic mass is 9.80. The molecule has 24 heavy (non-hydrogen) atoms. The van der Waals surface area contributed by atoms with Gasteiger partial charge in [0.1, 0.15) is 5.82 Å². The van der Waals surface area contributed by atoms with Crippen molar-refractivity contribution in [3.05, 3.63) is 35.6 Å². The third-order valence-electron chi connectivity index (χ3n) is 5.69. The number of amides is 2. The molecule has 1 heterocycles. The number of carbonyl (C=O) groups is 1. The van der Waals surface area contributed by atoms with Gasteiger partial charge < -0.3 is 15.3 Å². The van der Waals surface area contributed by atoms with Crippen LogP contribution in [0.15, 0.2) is 24.3 Å². The Morgan fingerprint density at radius 2 is 1.79 bits per heavy atom. The van der Waals surface area contributed by atoms with Crippen LogP contribution in [0.3, 0.4) is 0 Å². The number of halogens is 1. The number of rotatable bonds is 4. The van der Waals surface area contributed by atoms with Crippen molar-refractivity contribution in [2.75, 3.05) is 13.1 Å². The summed E-state index contributed by atoms with van der Waals surface area (Å²) < 4.78 is 13.0. The molecule has 0 aromatic heterocycles. The summed E-state index contributed by atoms with van der Waals surface area (Å²) in [5.74, 6) is 0.452. The topological polar surface area (TPSA) is 52.6 Å². The van der Waals surface area contributed by atoms with Crippen molar-refractivity contribution in [3.63, 3.8) is 0 Å². The second-order valence-corrected chi connectivity index (χ2v) is 7.25. The number of aliphatic hydroxyl groups excluding tert-OH is 1. The number of carbonyl (C=O) groups excluding carboxylic acids is 1. The molecule has 2 N–H and O–H groups in total. The van der Waals surface area contributed by atoms with Crippen molar-refractivity contribution in [3.8, 4) is 0 Å². The van der Waals surface area contributed by atoms with E-state index in [0.717, 1.165) is 18.4 Å². The molecule has 1 saturated carbocycles. The molecular weight excluding hydrogens is 307 g/mol. The third-order valence-corrected chi connectivity index (χ3v) is 5.69. The smallest absolute Gasteiger partial charge is 0.317 e. The van der Waals surface area contributed by atoms with Crippen LogP contribution in [0.5, 0.6) is 0 Å². The molecular formula is C19H27FN2O2. The van der Waals surface area contributed by atoms with E-state index >= 15 is 0 Å². The molecule has 0 spiro atoms. The summed E-state index contributed by atoms with van der Waals surface area (Å²) in [6, 6.07) is 6.29. The number of hydrogen-bond acceptors (Lipinski definition) is 2. The summed E-state index contributed by atoms with van der Waals surface area (Å²) in [5, 5.41) is 13.6. The number of benzene rings is 1. The number of aliphatic hydroxyl groups is 1. The minimum absolute atomic E-state index is 0.0177. The highest BCUT2D eigenvalue weighted by Crippen LogP contribution is 2.32. The predicted octanol–water partition coefficient (Wildman–Crippen LogP) is 3.47. The molecule has 2 amide bonds. The van der Waals surface area contributed by atoms with Crippen LogP contribution in [0.1, 0.15) is 50.7 Å². The van der Waals surface area contributed by atoms with Gasteiger partial charge in [0.2, 0.25) is 0 Å². The Morgan fingerprint density at radius 1 is 1.17 bits per heavy atom. The molecule has 1 saturated heterocycles. The second kappa shape index (κ2) is 7.51. The summed E-state index contributed by atoms with van der Waals surface area (Å²) in [7, 11) is 0.